The van der Waals surface area contributed by atoms with Gasteiger partial charge in [-0.3, -0.25) is 0 Å². The van der Waals surface area contributed by atoms with Crippen molar-refractivity contribution in [3.8, 4) is 0 Å². The van der Waals surface area contributed by atoms with Gasteiger partial charge in [-0.2, -0.15) is 0 Å². The van der Waals surface area contributed by atoms with Gasteiger partial charge in [0.1, 0.15) is 0 Å². The maximum Gasteiger partial charge on any atom is 0.354 e. The first kappa shape index (κ1) is 11.7. The van der Waals surface area contributed by atoms with Gasteiger partial charge in [0.25, 0.3) is 0 Å². The zero-order valence-electron chi connectivity index (χ0n) is 9.41. The second-order valence-electron chi connectivity index (χ2n) is 3.68. The number of rotatable bonds is 2. The number of hydrogen-bond acceptors (Lipinski definition) is 3. The minimum atomic E-state index is -1.05. The van der Waals surface area contributed by atoms with Crippen LogP contribution in [0.4, 0.5) is 5.69 Å². The SMILES string of the molecule is CNc1cc(C(=O)O)nc2c(C)c(Cl)ccc12. The highest BCUT2D eigenvalue weighted by Crippen LogP contribution is 2.29. The van der Waals surface area contributed by atoms with E-state index in [-0.39, 0.29) is 5.69 Å². The fraction of sp³-hybridized carbons (Fsp3) is 0.167. The zero-order valence-corrected chi connectivity index (χ0v) is 10.2. The predicted molar refractivity (Wildman–Crippen MR) is 68.0 cm³/mol. The van der Waals surface area contributed by atoms with Crippen LogP contribution in [0.1, 0.15) is 16.1 Å². The average Bonchev–Trinajstić information content (AvgIpc) is 2.32. The lowest BCUT2D eigenvalue weighted by atomic mass is 10.1. The number of carboxylic acids is 1. The summed E-state index contributed by atoms with van der Waals surface area (Å²) in [6.45, 7) is 1.82. The summed E-state index contributed by atoms with van der Waals surface area (Å²) in [4.78, 5) is 15.1. The Morgan fingerprint density at radius 1 is 1.47 bits per heavy atom. The maximum absolute atomic E-state index is 11.0. The number of anilines is 1. The lowest BCUT2D eigenvalue weighted by Crippen LogP contribution is -2.03. The van der Waals surface area contributed by atoms with E-state index >= 15 is 0 Å². The first-order chi connectivity index (χ1) is 8.04. The molecule has 1 heterocycles. The number of pyridine rings is 1. The van der Waals surface area contributed by atoms with Crippen LogP contribution in [0.5, 0.6) is 0 Å². The molecule has 0 spiro atoms. The van der Waals surface area contributed by atoms with Crippen LogP contribution in [0.15, 0.2) is 18.2 Å². The second kappa shape index (κ2) is 4.22. The summed E-state index contributed by atoms with van der Waals surface area (Å²) in [7, 11) is 1.74. The van der Waals surface area contributed by atoms with E-state index in [1.54, 1.807) is 13.1 Å². The number of aromatic carboxylic acids is 1. The number of carbonyl (C=O) groups is 1. The summed E-state index contributed by atoms with van der Waals surface area (Å²) < 4.78 is 0. The Balaban J connectivity index is 2.88. The smallest absolute Gasteiger partial charge is 0.354 e. The standard InChI is InChI=1S/C12H11ClN2O2/c1-6-8(13)4-3-7-9(14-2)5-10(12(16)17)15-11(6)7/h3-5H,1-2H3,(H,14,15)(H,16,17). The van der Waals surface area contributed by atoms with E-state index in [0.29, 0.717) is 10.5 Å². The van der Waals surface area contributed by atoms with E-state index in [4.69, 9.17) is 16.7 Å². The number of aromatic nitrogens is 1. The molecule has 4 nitrogen and oxygen atoms in total. The minimum Gasteiger partial charge on any atom is -0.477 e. The molecule has 2 rings (SSSR count). The molecule has 5 heteroatoms. The van der Waals surface area contributed by atoms with Gasteiger partial charge in [0.2, 0.25) is 0 Å². The van der Waals surface area contributed by atoms with Gasteiger partial charge in [-0.05, 0) is 30.7 Å². The van der Waals surface area contributed by atoms with Crippen molar-refractivity contribution in [1.82, 2.24) is 4.98 Å². The third-order valence-electron chi connectivity index (χ3n) is 2.66. The van der Waals surface area contributed by atoms with Crippen LogP contribution in [-0.2, 0) is 0 Å². The van der Waals surface area contributed by atoms with E-state index in [9.17, 15) is 4.79 Å². The molecule has 17 heavy (non-hydrogen) atoms. The van der Waals surface area contributed by atoms with Crippen molar-refractivity contribution in [3.63, 3.8) is 0 Å². The highest BCUT2D eigenvalue weighted by atomic mass is 35.5. The van der Waals surface area contributed by atoms with Gasteiger partial charge in [-0.25, -0.2) is 9.78 Å². The lowest BCUT2D eigenvalue weighted by Gasteiger charge is -2.10. The van der Waals surface area contributed by atoms with Crippen molar-refractivity contribution >= 4 is 34.2 Å². The average molecular weight is 251 g/mol. The molecule has 0 aliphatic carbocycles. The number of nitrogens with one attached hydrogen (secondary N) is 1. The highest BCUT2D eigenvalue weighted by Gasteiger charge is 2.12. The summed E-state index contributed by atoms with van der Waals surface area (Å²) in [6.07, 6.45) is 0. The van der Waals surface area contributed by atoms with Gasteiger partial charge >= 0.3 is 5.97 Å². The maximum atomic E-state index is 11.0. The molecular weight excluding hydrogens is 240 g/mol. The van der Waals surface area contributed by atoms with Crippen LogP contribution in [0.3, 0.4) is 0 Å². The number of hydrogen-bond donors (Lipinski definition) is 2. The summed E-state index contributed by atoms with van der Waals surface area (Å²) >= 11 is 6.01. The quantitative estimate of drug-likeness (QED) is 0.860. The van der Waals surface area contributed by atoms with Crippen molar-refractivity contribution < 1.29 is 9.90 Å². The monoisotopic (exact) mass is 250 g/mol. The molecule has 0 saturated heterocycles. The number of benzene rings is 1. The van der Waals surface area contributed by atoms with Gasteiger partial charge < -0.3 is 10.4 Å². The van der Waals surface area contributed by atoms with Crippen molar-refractivity contribution in [2.45, 2.75) is 6.92 Å². The van der Waals surface area contributed by atoms with Crippen LogP contribution in [0.2, 0.25) is 5.02 Å². The molecule has 0 unspecified atom stereocenters. The van der Waals surface area contributed by atoms with E-state index in [1.165, 1.54) is 6.07 Å². The Morgan fingerprint density at radius 3 is 2.76 bits per heavy atom. The number of nitrogens with zero attached hydrogens (tertiary/aromatic N) is 1. The summed E-state index contributed by atoms with van der Waals surface area (Å²) in [5.74, 6) is -1.05. The van der Waals surface area contributed by atoms with Gasteiger partial charge in [0.05, 0.1) is 5.52 Å². The Morgan fingerprint density at radius 2 is 2.18 bits per heavy atom. The van der Waals surface area contributed by atoms with Gasteiger partial charge in [0, 0.05) is 23.1 Å². The molecule has 1 aromatic heterocycles. The topological polar surface area (TPSA) is 62.2 Å². The first-order valence-electron chi connectivity index (χ1n) is 5.05. The molecule has 0 saturated carbocycles. The minimum absolute atomic E-state index is 0.00668. The first-order valence-corrected chi connectivity index (χ1v) is 5.43. The van der Waals surface area contributed by atoms with Crippen LogP contribution in [0.25, 0.3) is 10.9 Å². The van der Waals surface area contributed by atoms with Gasteiger partial charge in [-0.15, -0.1) is 0 Å². The Labute approximate surface area is 103 Å². The molecule has 1 aromatic carbocycles. The highest BCUT2D eigenvalue weighted by molar-refractivity contribution is 6.32. The van der Waals surface area contributed by atoms with E-state index < -0.39 is 5.97 Å². The van der Waals surface area contributed by atoms with Crippen molar-refractivity contribution in [1.29, 1.82) is 0 Å². The lowest BCUT2D eigenvalue weighted by molar-refractivity contribution is 0.0691. The molecular formula is C12H11ClN2O2. The van der Waals surface area contributed by atoms with E-state index in [2.05, 4.69) is 10.3 Å². The van der Waals surface area contributed by atoms with Crippen molar-refractivity contribution in [3.05, 3.63) is 34.5 Å². The van der Waals surface area contributed by atoms with E-state index in [1.807, 2.05) is 13.0 Å². The molecule has 88 valence electrons. The molecule has 0 fully saturated rings. The van der Waals surface area contributed by atoms with E-state index in [0.717, 1.165) is 16.6 Å². The summed E-state index contributed by atoms with van der Waals surface area (Å²) in [6, 6.07) is 5.12. The fourth-order valence-electron chi connectivity index (χ4n) is 1.72. The normalized spacial score (nSPS) is 10.5. The predicted octanol–water partition coefficient (Wildman–Crippen LogP) is 2.94. The summed E-state index contributed by atoms with van der Waals surface area (Å²) in [5.41, 5.74) is 2.13. The molecule has 0 aliphatic heterocycles. The number of carboxylic acid groups (broad SMARTS) is 1. The third kappa shape index (κ3) is 1.91. The second-order valence-corrected chi connectivity index (χ2v) is 4.09. The molecule has 2 N–H and O–H groups in total. The van der Waals surface area contributed by atoms with Crippen LogP contribution >= 0.6 is 11.6 Å². The Kier molecular flexibility index (Phi) is 2.90. The largest absolute Gasteiger partial charge is 0.477 e. The summed E-state index contributed by atoms with van der Waals surface area (Å²) in [5, 5.41) is 13.4. The molecule has 0 aliphatic rings. The van der Waals surface area contributed by atoms with Crippen LogP contribution in [-0.4, -0.2) is 23.1 Å². The van der Waals surface area contributed by atoms with Crippen molar-refractivity contribution in [2.24, 2.45) is 0 Å². The zero-order chi connectivity index (χ0) is 12.6. The Hall–Kier alpha value is -1.81. The fourth-order valence-corrected chi connectivity index (χ4v) is 1.87. The molecule has 0 radical (unpaired) electrons. The van der Waals surface area contributed by atoms with Crippen LogP contribution in [0, 0.1) is 6.92 Å². The van der Waals surface area contributed by atoms with Crippen LogP contribution < -0.4 is 5.32 Å². The number of aryl methyl sites for hydroxylation is 1. The number of fused-ring (bicyclic) bond motifs is 1. The van der Waals surface area contributed by atoms with Gasteiger partial charge in [-0.1, -0.05) is 11.6 Å². The molecule has 0 amide bonds. The molecule has 0 atom stereocenters. The van der Waals surface area contributed by atoms with Gasteiger partial charge in [0.15, 0.2) is 5.69 Å². The number of halogens is 1. The molecule has 2 aromatic rings. The molecule has 0 bridgehead atoms. The van der Waals surface area contributed by atoms with Crippen molar-refractivity contribution in [2.75, 3.05) is 12.4 Å². The third-order valence-corrected chi connectivity index (χ3v) is 3.07. The Bertz CT molecular complexity index is 611.